The number of thiocarbonyl (C=S) groups is 1. The smallest absolute Gasteiger partial charge is 0.338 e. The van der Waals surface area contributed by atoms with Gasteiger partial charge in [-0.3, -0.25) is 0 Å². The van der Waals surface area contributed by atoms with Crippen molar-refractivity contribution in [3.05, 3.63) is 64.7 Å². The third-order valence-electron chi connectivity index (χ3n) is 4.00. The molecular weight excluding hydrogens is 332 g/mol. The molecule has 0 amide bonds. The largest absolute Gasteiger partial charge is 0.462 e. The minimum Gasteiger partial charge on any atom is -0.462 e. The summed E-state index contributed by atoms with van der Waals surface area (Å²) in [5.74, 6) is -0.335. The van der Waals surface area contributed by atoms with Crippen LogP contribution in [0.3, 0.4) is 0 Å². The van der Waals surface area contributed by atoms with Crippen LogP contribution in [0.5, 0.6) is 0 Å². The van der Waals surface area contributed by atoms with Crippen LogP contribution in [0.2, 0.25) is 0 Å². The number of esters is 1. The highest BCUT2D eigenvalue weighted by Gasteiger charge is 2.12. The molecule has 2 aromatic carbocycles. The van der Waals surface area contributed by atoms with Gasteiger partial charge in [-0.15, -0.1) is 0 Å². The second kappa shape index (κ2) is 8.62. The number of ether oxygens (including phenoxy) is 1. The molecule has 5 heteroatoms. The van der Waals surface area contributed by atoms with Crippen LogP contribution in [0.15, 0.2) is 42.5 Å². The van der Waals surface area contributed by atoms with Gasteiger partial charge in [0.05, 0.1) is 18.2 Å². The number of benzene rings is 2. The predicted molar refractivity (Wildman–Crippen MR) is 106 cm³/mol. The van der Waals surface area contributed by atoms with E-state index in [1.165, 1.54) is 11.1 Å². The van der Waals surface area contributed by atoms with Crippen molar-refractivity contribution in [1.82, 2.24) is 5.32 Å². The third kappa shape index (κ3) is 5.03. The van der Waals surface area contributed by atoms with E-state index in [0.717, 1.165) is 11.3 Å². The van der Waals surface area contributed by atoms with Gasteiger partial charge in [-0.1, -0.05) is 30.3 Å². The highest BCUT2D eigenvalue weighted by Crippen LogP contribution is 2.19. The molecule has 0 unspecified atom stereocenters. The summed E-state index contributed by atoms with van der Waals surface area (Å²) in [7, 11) is 0. The molecule has 0 aromatic heterocycles. The molecule has 0 spiro atoms. The van der Waals surface area contributed by atoms with Crippen LogP contribution >= 0.6 is 12.2 Å². The molecule has 1 atom stereocenters. The quantitative estimate of drug-likeness (QED) is 0.609. The van der Waals surface area contributed by atoms with Crippen LogP contribution in [0, 0.1) is 13.8 Å². The first-order chi connectivity index (χ1) is 11.9. The van der Waals surface area contributed by atoms with Crippen molar-refractivity contribution >= 4 is 29.0 Å². The Kier molecular flexibility index (Phi) is 6.53. The zero-order valence-corrected chi connectivity index (χ0v) is 15.9. The molecule has 2 N–H and O–H groups in total. The van der Waals surface area contributed by atoms with Gasteiger partial charge in [-0.05, 0) is 68.7 Å². The fraction of sp³-hybridized carbons (Fsp3) is 0.300. The topological polar surface area (TPSA) is 50.4 Å². The van der Waals surface area contributed by atoms with Gasteiger partial charge in [-0.25, -0.2) is 4.79 Å². The number of rotatable bonds is 5. The van der Waals surface area contributed by atoms with E-state index in [9.17, 15) is 4.79 Å². The molecule has 2 rings (SSSR count). The van der Waals surface area contributed by atoms with E-state index in [1.54, 1.807) is 19.1 Å². The molecule has 0 saturated heterocycles. The van der Waals surface area contributed by atoms with Crippen LogP contribution in [-0.4, -0.2) is 17.7 Å². The molecule has 25 heavy (non-hydrogen) atoms. The first-order valence-corrected chi connectivity index (χ1v) is 8.74. The Balaban J connectivity index is 2.08. The van der Waals surface area contributed by atoms with Crippen LogP contribution in [0.1, 0.15) is 46.9 Å². The molecule has 0 bridgehead atoms. The number of hydrogen-bond donors (Lipinski definition) is 2. The minimum atomic E-state index is -0.335. The third-order valence-corrected chi connectivity index (χ3v) is 4.22. The van der Waals surface area contributed by atoms with E-state index in [0.29, 0.717) is 17.3 Å². The van der Waals surface area contributed by atoms with Gasteiger partial charge in [0, 0.05) is 5.69 Å². The summed E-state index contributed by atoms with van der Waals surface area (Å²) in [5.41, 5.74) is 4.71. The molecule has 2 aromatic rings. The van der Waals surface area contributed by atoms with E-state index in [1.807, 2.05) is 25.1 Å². The number of carbonyl (C=O) groups is 1. The standard InChI is InChI=1S/C20H24N2O2S/c1-5-24-19(23)16-11-10-14(3)18(12-16)22-20(25)21-15(4)17-9-7-6-8-13(17)2/h6-12,15H,5H2,1-4H3,(H2,21,22,25)/t15-/m0/s1. The van der Waals surface area contributed by atoms with Crippen molar-refractivity contribution in [2.24, 2.45) is 0 Å². The summed E-state index contributed by atoms with van der Waals surface area (Å²) < 4.78 is 5.05. The number of aryl methyl sites for hydroxylation is 2. The molecule has 0 radical (unpaired) electrons. The fourth-order valence-electron chi connectivity index (χ4n) is 2.60. The summed E-state index contributed by atoms with van der Waals surface area (Å²) in [5, 5.41) is 6.98. The van der Waals surface area contributed by atoms with Gasteiger partial charge in [0.15, 0.2) is 5.11 Å². The first-order valence-electron chi connectivity index (χ1n) is 8.33. The van der Waals surface area contributed by atoms with Crippen LogP contribution in [0.25, 0.3) is 0 Å². The predicted octanol–water partition coefficient (Wildman–Crippen LogP) is 4.53. The summed E-state index contributed by atoms with van der Waals surface area (Å²) in [4.78, 5) is 11.9. The maximum absolute atomic E-state index is 11.9. The summed E-state index contributed by atoms with van der Waals surface area (Å²) in [6, 6.07) is 13.7. The molecule has 0 fully saturated rings. The fourth-order valence-corrected chi connectivity index (χ4v) is 2.89. The monoisotopic (exact) mass is 356 g/mol. The van der Waals surface area contributed by atoms with Crippen molar-refractivity contribution in [1.29, 1.82) is 0 Å². The zero-order chi connectivity index (χ0) is 18.4. The molecule has 0 heterocycles. The highest BCUT2D eigenvalue weighted by atomic mass is 32.1. The maximum atomic E-state index is 11.9. The Morgan fingerprint density at radius 1 is 1.16 bits per heavy atom. The lowest BCUT2D eigenvalue weighted by Gasteiger charge is -2.20. The first kappa shape index (κ1) is 18.9. The van der Waals surface area contributed by atoms with Gasteiger partial charge in [0.1, 0.15) is 0 Å². The summed E-state index contributed by atoms with van der Waals surface area (Å²) in [6.45, 7) is 8.25. The number of nitrogens with one attached hydrogen (secondary N) is 2. The molecule has 0 aliphatic heterocycles. The lowest BCUT2D eigenvalue weighted by atomic mass is 10.0. The average Bonchev–Trinajstić information content (AvgIpc) is 2.57. The minimum absolute atomic E-state index is 0.0785. The highest BCUT2D eigenvalue weighted by molar-refractivity contribution is 7.80. The zero-order valence-electron chi connectivity index (χ0n) is 15.1. The van der Waals surface area contributed by atoms with Crippen molar-refractivity contribution < 1.29 is 9.53 Å². The Morgan fingerprint density at radius 3 is 2.56 bits per heavy atom. The summed E-state index contributed by atoms with van der Waals surface area (Å²) >= 11 is 5.44. The van der Waals surface area contributed by atoms with Crippen LogP contribution in [-0.2, 0) is 4.74 Å². The lowest BCUT2D eigenvalue weighted by molar-refractivity contribution is 0.0526. The van der Waals surface area contributed by atoms with Crippen LogP contribution in [0.4, 0.5) is 5.69 Å². The molecule has 0 saturated carbocycles. The van der Waals surface area contributed by atoms with Crippen molar-refractivity contribution in [2.45, 2.75) is 33.7 Å². The van der Waals surface area contributed by atoms with Gasteiger partial charge < -0.3 is 15.4 Å². The number of anilines is 1. The second-order valence-electron chi connectivity index (χ2n) is 5.93. The Labute approximate surface area is 154 Å². The summed E-state index contributed by atoms with van der Waals surface area (Å²) in [6.07, 6.45) is 0. The average molecular weight is 356 g/mol. The lowest BCUT2D eigenvalue weighted by Crippen LogP contribution is -2.31. The Morgan fingerprint density at radius 2 is 1.88 bits per heavy atom. The van der Waals surface area contributed by atoms with Crippen molar-refractivity contribution in [2.75, 3.05) is 11.9 Å². The van der Waals surface area contributed by atoms with Gasteiger partial charge in [0.2, 0.25) is 0 Å². The van der Waals surface area contributed by atoms with Gasteiger partial charge in [-0.2, -0.15) is 0 Å². The maximum Gasteiger partial charge on any atom is 0.338 e. The Hall–Kier alpha value is -2.40. The molecule has 0 aliphatic carbocycles. The Bertz CT molecular complexity index is 774. The molecule has 132 valence electrons. The molecule has 4 nitrogen and oxygen atoms in total. The van der Waals surface area contributed by atoms with Crippen molar-refractivity contribution in [3.8, 4) is 0 Å². The van der Waals surface area contributed by atoms with E-state index in [-0.39, 0.29) is 12.0 Å². The van der Waals surface area contributed by atoms with Crippen molar-refractivity contribution in [3.63, 3.8) is 0 Å². The number of hydrogen-bond acceptors (Lipinski definition) is 3. The van der Waals surface area contributed by atoms with E-state index >= 15 is 0 Å². The molecular formula is C20H24N2O2S. The SMILES string of the molecule is CCOC(=O)c1ccc(C)c(NC(=S)N[C@@H](C)c2ccccc2C)c1. The van der Waals surface area contributed by atoms with Gasteiger partial charge >= 0.3 is 5.97 Å². The van der Waals surface area contributed by atoms with E-state index in [4.69, 9.17) is 17.0 Å². The number of carbonyl (C=O) groups excluding carboxylic acids is 1. The molecule has 0 aliphatic rings. The van der Waals surface area contributed by atoms with Gasteiger partial charge in [0.25, 0.3) is 0 Å². The van der Waals surface area contributed by atoms with E-state index < -0.39 is 0 Å². The van der Waals surface area contributed by atoms with Crippen LogP contribution < -0.4 is 10.6 Å². The van der Waals surface area contributed by atoms with E-state index in [2.05, 4.69) is 36.6 Å². The normalized spacial score (nSPS) is 11.5. The second-order valence-corrected chi connectivity index (χ2v) is 6.34.